The summed E-state index contributed by atoms with van der Waals surface area (Å²) < 4.78 is 15.4. The Hall–Kier alpha value is -1.75. The Bertz CT molecular complexity index is 550. The Morgan fingerprint density at radius 1 is 1.42 bits per heavy atom. The van der Waals surface area contributed by atoms with E-state index in [0.717, 1.165) is 24.4 Å². The van der Waals surface area contributed by atoms with Crippen LogP contribution in [0.25, 0.3) is 0 Å². The minimum absolute atomic E-state index is 0.219. The highest BCUT2D eigenvalue weighted by molar-refractivity contribution is 5.26. The first-order chi connectivity index (χ1) is 9.11. The fourth-order valence-corrected chi connectivity index (χ4v) is 2.00. The minimum atomic E-state index is -0.269. The highest BCUT2D eigenvalue weighted by Crippen LogP contribution is 2.18. The van der Waals surface area contributed by atoms with E-state index in [2.05, 4.69) is 17.0 Å². The predicted molar refractivity (Wildman–Crippen MR) is 72.1 cm³/mol. The lowest BCUT2D eigenvalue weighted by molar-refractivity contribution is 0.546. The third-order valence-corrected chi connectivity index (χ3v) is 3.16. The average Bonchev–Trinajstić information content (AvgIpc) is 2.80. The Morgan fingerprint density at radius 2 is 2.21 bits per heavy atom. The van der Waals surface area contributed by atoms with Crippen LogP contribution in [-0.4, -0.2) is 14.8 Å². The van der Waals surface area contributed by atoms with Crippen molar-refractivity contribution in [1.82, 2.24) is 14.8 Å². The maximum absolute atomic E-state index is 13.5. The second kappa shape index (κ2) is 5.93. The molecule has 0 aliphatic rings. The third kappa shape index (κ3) is 3.17. The molecule has 1 heterocycles. The molecule has 0 saturated carbocycles. The van der Waals surface area contributed by atoms with E-state index in [1.54, 1.807) is 13.0 Å². The summed E-state index contributed by atoms with van der Waals surface area (Å²) in [4.78, 5) is 4.22. The summed E-state index contributed by atoms with van der Waals surface area (Å²) in [6.45, 7) is 4.65. The lowest BCUT2D eigenvalue weighted by Crippen LogP contribution is -2.17. The quantitative estimate of drug-likeness (QED) is 0.900. The van der Waals surface area contributed by atoms with E-state index < -0.39 is 0 Å². The van der Waals surface area contributed by atoms with E-state index in [1.165, 1.54) is 12.4 Å². The molecule has 2 rings (SSSR count). The van der Waals surface area contributed by atoms with Gasteiger partial charge in [-0.05, 0) is 30.5 Å². The average molecular weight is 262 g/mol. The van der Waals surface area contributed by atoms with Gasteiger partial charge in [0.1, 0.15) is 18.0 Å². The predicted octanol–water partition coefficient (Wildman–Crippen LogP) is 2.38. The number of hydrogen-bond acceptors (Lipinski definition) is 3. The van der Waals surface area contributed by atoms with Crippen LogP contribution in [0.1, 0.15) is 36.3 Å². The standard InChI is InChI=1S/C14H19FN4/c1-3-6-19-14(17-9-18-19)8-13(16)11-5-4-10(2)12(15)7-11/h4-5,7,9,13H,3,6,8,16H2,1-2H3. The molecule has 102 valence electrons. The van der Waals surface area contributed by atoms with Gasteiger partial charge in [0.05, 0.1) is 0 Å². The van der Waals surface area contributed by atoms with E-state index in [0.29, 0.717) is 12.0 Å². The molecule has 0 bridgehead atoms. The molecule has 4 nitrogen and oxygen atoms in total. The van der Waals surface area contributed by atoms with Crippen molar-refractivity contribution in [1.29, 1.82) is 0 Å². The van der Waals surface area contributed by atoms with Crippen LogP contribution in [0.2, 0.25) is 0 Å². The fraction of sp³-hybridized carbons (Fsp3) is 0.429. The maximum Gasteiger partial charge on any atom is 0.138 e. The zero-order valence-electron chi connectivity index (χ0n) is 11.3. The van der Waals surface area contributed by atoms with Crippen molar-refractivity contribution in [2.45, 2.75) is 39.3 Å². The zero-order chi connectivity index (χ0) is 13.8. The molecule has 1 aromatic carbocycles. The van der Waals surface area contributed by atoms with Gasteiger partial charge in [0.15, 0.2) is 0 Å². The van der Waals surface area contributed by atoms with Crippen LogP contribution in [0.3, 0.4) is 0 Å². The second-order valence-corrected chi connectivity index (χ2v) is 4.72. The number of benzene rings is 1. The Labute approximate surface area is 112 Å². The Morgan fingerprint density at radius 3 is 2.89 bits per heavy atom. The Balaban J connectivity index is 2.13. The molecule has 0 radical (unpaired) electrons. The minimum Gasteiger partial charge on any atom is -0.324 e. The molecule has 0 aliphatic carbocycles. The topological polar surface area (TPSA) is 56.7 Å². The van der Waals surface area contributed by atoms with Crippen LogP contribution >= 0.6 is 0 Å². The van der Waals surface area contributed by atoms with Gasteiger partial charge in [0.25, 0.3) is 0 Å². The van der Waals surface area contributed by atoms with Crippen molar-refractivity contribution >= 4 is 0 Å². The fourth-order valence-electron chi connectivity index (χ4n) is 2.00. The first kappa shape index (κ1) is 13.7. The third-order valence-electron chi connectivity index (χ3n) is 3.16. The van der Waals surface area contributed by atoms with Crippen molar-refractivity contribution in [3.63, 3.8) is 0 Å². The molecule has 0 amide bonds. The monoisotopic (exact) mass is 262 g/mol. The zero-order valence-corrected chi connectivity index (χ0v) is 11.3. The number of nitrogens with zero attached hydrogens (tertiary/aromatic N) is 3. The van der Waals surface area contributed by atoms with Gasteiger partial charge in [-0.15, -0.1) is 0 Å². The van der Waals surface area contributed by atoms with Gasteiger partial charge >= 0.3 is 0 Å². The molecule has 0 saturated heterocycles. The largest absolute Gasteiger partial charge is 0.324 e. The summed E-state index contributed by atoms with van der Waals surface area (Å²) in [5, 5.41) is 4.16. The van der Waals surface area contributed by atoms with Crippen molar-refractivity contribution in [3.8, 4) is 0 Å². The number of nitrogens with two attached hydrogens (primary N) is 1. The van der Waals surface area contributed by atoms with Crippen LogP contribution < -0.4 is 5.73 Å². The van der Waals surface area contributed by atoms with Gasteiger partial charge in [0.2, 0.25) is 0 Å². The van der Waals surface area contributed by atoms with Crippen LogP contribution in [0.5, 0.6) is 0 Å². The summed E-state index contributed by atoms with van der Waals surface area (Å²) in [5.41, 5.74) is 7.54. The van der Waals surface area contributed by atoms with E-state index in [-0.39, 0.29) is 11.9 Å². The number of rotatable bonds is 5. The van der Waals surface area contributed by atoms with Gasteiger partial charge in [-0.25, -0.2) is 9.37 Å². The van der Waals surface area contributed by atoms with E-state index in [9.17, 15) is 4.39 Å². The highest BCUT2D eigenvalue weighted by Gasteiger charge is 2.13. The Kier molecular flexibility index (Phi) is 4.27. The molecule has 1 atom stereocenters. The van der Waals surface area contributed by atoms with Gasteiger partial charge in [0, 0.05) is 19.0 Å². The highest BCUT2D eigenvalue weighted by atomic mass is 19.1. The summed E-state index contributed by atoms with van der Waals surface area (Å²) in [6, 6.07) is 4.85. The smallest absolute Gasteiger partial charge is 0.138 e. The molecule has 0 aliphatic heterocycles. The van der Waals surface area contributed by atoms with E-state index in [4.69, 9.17) is 5.73 Å². The SMILES string of the molecule is CCCn1ncnc1CC(N)c1ccc(C)c(F)c1. The van der Waals surface area contributed by atoms with Crippen molar-refractivity contribution < 1.29 is 4.39 Å². The number of halogens is 1. The lowest BCUT2D eigenvalue weighted by atomic mass is 10.0. The van der Waals surface area contributed by atoms with Crippen LogP contribution in [0.15, 0.2) is 24.5 Å². The summed E-state index contributed by atoms with van der Waals surface area (Å²) in [7, 11) is 0. The normalized spacial score (nSPS) is 12.6. The van der Waals surface area contributed by atoms with Gasteiger partial charge in [-0.1, -0.05) is 19.1 Å². The molecule has 2 aromatic rings. The summed E-state index contributed by atoms with van der Waals surface area (Å²) >= 11 is 0. The first-order valence-corrected chi connectivity index (χ1v) is 6.50. The van der Waals surface area contributed by atoms with Crippen LogP contribution in [0.4, 0.5) is 4.39 Å². The molecular formula is C14H19FN4. The first-order valence-electron chi connectivity index (χ1n) is 6.50. The van der Waals surface area contributed by atoms with Crippen molar-refractivity contribution in [2.24, 2.45) is 5.73 Å². The number of aromatic nitrogens is 3. The molecule has 0 spiro atoms. The van der Waals surface area contributed by atoms with Crippen molar-refractivity contribution in [2.75, 3.05) is 0 Å². The molecule has 5 heteroatoms. The van der Waals surface area contributed by atoms with Gasteiger partial charge in [-0.3, -0.25) is 4.68 Å². The molecular weight excluding hydrogens is 243 g/mol. The molecule has 19 heavy (non-hydrogen) atoms. The second-order valence-electron chi connectivity index (χ2n) is 4.72. The van der Waals surface area contributed by atoms with Crippen LogP contribution in [0, 0.1) is 12.7 Å². The lowest BCUT2D eigenvalue weighted by Gasteiger charge is -2.13. The maximum atomic E-state index is 13.5. The van der Waals surface area contributed by atoms with Crippen LogP contribution in [-0.2, 0) is 13.0 Å². The molecule has 0 fully saturated rings. The van der Waals surface area contributed by atoms with E-state index >= 15 is 0 Å². The number of aryl methyl sites for hydroxylation is 2. The van der Waals surface area contributed by atoms with Gasteiger partial charge in [-0.2, -0.15) is 5.10 Å². The number of hydrogen-bond donors (Lipinski definition) is 1. The molecule has 1 unspecified atom stereocenters. The van der Waals surface area contributed by atoms with E-state index in [1.807, 2.05) is 10.7 Å². The molecule has 1 aromatic heterocycles. The van der Waals surface area contributed by atoms with Crippen molar-refractivity contribution in [3.05, 3.63) is 47.3 Å². The summed E-state index contributed by atoms with van der Waals surface area (Å²) in [5.74, 6) is 0.623. The molecule has 2 N–H and O–H groups in total. The van der Waals surface area contributed by atoms with Gasteiger partial charge < -0.3 is 5.73 Å². The summed E-state index contributed by atoms with van der Waals surface area (Å²) in [6.07, 6.45) is 3.08.